The van der Waals surface area contributed by atoms with Crippen LogP contribution in [0.25, 0.3) is 0 Å². The van der Waals surface area contributed by atoms with Crippen LogP contribution in [0.15, 0.2) is 53.0 Å². The number of esters is 1. The number of carbonyl (C=O) groups is 3. The van der Waals surface area contributed by atoms with Gasteiger partial charge in [0.25, 0.3) is 0 Å². The standard InChI is InChI=1S/C20H19BrO5/c1-2-25-15-9-7-14(8-10-15)18(22)11-12-20(24)26-13-19(23)16-5-3-4-6-17(16)21/h3-10H,2,11-13H2,1H3. The van der Waals surface area contributed by atoms with Gasteiger partial charge in [0.2, 0.25) is 5.78 Å². The molecule has 0 aliphatic rings. The van der Waals surface area contributed by atoms with E-state index in [4.69, 9.17) is 9.47 Å². The third kappa shape index (κ3) is 5.81. The zero-order chi connectivity index (χ0) is 18.9. The maximum atomic E-state index is 12.1. The van der Waals surface area contributed by atoms with Gasteiger partial charge in [0.1, 0.15) is 5.75 Å². The molecule has 0 aliphatic heterocycles. The summed E-state index contributed by atoms with van der Waals surface area (Å²) >= 11 is 3.28. The van der Waals surface area contributed by atoms with Crippen molar-refractivity contribution in [3.8, 4) is 5.75 Å². The molecule has 0 heterocycles. The first-order valence-corrected chi connectivity index (χ1v) is 9.00. The lowest BCUT2D eigenvalue weighted by Gasteiger charge is -2.06. The van der Waals surface area contributed by atoms with Gasteiger partial charge in [0.15, 0.2) is 12.4 Å². The Kier molecular flexibility index (Phi) is 7.53. The van der Waals surface area contributed by atoms with Crippen LogP contribution in [0, 0.1) is 0 Å². The van der Waals surface area contributed by atoms with Gasteiger partial charge >= 0.3 is 5.97 Å². The molecule has 136 valence electrons. The fraction of sp³-hybridized carbons (Fsp3) is 0.250. The minimum absolute atomic E-state index is 0.0238. The topological polar surface area (TPSA) is 69.7 Å². The first-order chi connectivity index (χ1) is 12.5. The van der Waals surface area contributed by atoms with E-state index in [1.165, 1.54) is 0 Å². The summed E-state index contributed by atoms with van der Waals surface area (Å²) in [5.41, 5.74) is 0.955. The van der Waals surface area contributed by atoms with Crippen molar-refractivity contribution in [1.82, 2.24) is 0 Å². The van der Waals surface area contributed by atoms with Crippen LogP contribution in [0.1, 0.15) is 40.5 Å². The van der Waals surface area contributed by atoms with Crippen LogP contribution in [0.2, 0.25) is 0 Å². The Labute approximate surface area is 160 Å². The molecule has 0 N–H and O–H groups in total. The van der Waals surface area contributed by atoms with E-state index >= 15 is 0 Å². The summed E-state index contributed by atoms with van der Waals surface area (Å²) in [5, 5.41) is 0. The molecule has 26 heavy (non-hydrogen) atoms. The van der Waals surface area contributed by atoms with Crippen molar-refractivity contribution in [3.05, 3.63) is 64.1 Å². The lowest BCUT2D eigenvalue weighted by atomic mass is 10.1. The Morgan fingerprint density at radius 3 is 2.27 bits per heavy atom. The number of Topliss-reactive ketones (excluding diaryl/α,β-unsaturated/α-hetero) is 2. The molecule has 2 rings (SSSR count). The molecule has 0 radical (unpaired) electrons. The van der Waals surface area contributed by atoms with Crippen molar-refractivity contribution in [2.24, 2.45) is 0 Å². The van der Waals surface area contributed by atoms with Gasteiger partial charge in [0, 0.05) is 22.0 Å². The number of ether oxygens (including phenoxy) is 2. The molecule has 0 bridgehead atoms. The van der Waals surface area contributed by atoms with Crippen molar-refractivity contribution in [3.63, 3.8) is 0 Å². The second-order valence-electron chi connectivity index (χ2n) is 5.44. The highest BCUT2D eigenvalue weighted by atomic mass is 79.9. The molecule has 0 saturated carbocycles. The molecule has 0 saturated heterocycles. The summed E-state index contributed by atoms with van der Waals surface area (Å²) in [4.78, 5) is 35.9. The highest BCUT2D eigenvalue weighted by Crippen LogP contribution is 2.17. The van der Waals surface area contributed by atoms with E-state index < -0.39 is 5.97 Å². The monoisotopic (exact) mass is 418 g/mol. The SMILES string of the molecule is CCOc1ccc(C(=O)CCC(=O)OCC(=O)c2ccccc2Br)cc1. The number of carbonyl (C=O) groups excluding carboxylic acids is 3. The van der Waals surface area contributed by atoms with Crippen LogP contribution in [-0.2, 0) is 9.53 Å². The Balaban J connectivity index is 1.78. The van der Waals surface area contributed by atoms with Crippen molar-refractivity contribution in [2.75, 3.05) is 13.2 Å². The van der Waals surface area contributed by atoms with Gasteiger partial charge in [-0.05, 0) is 37.3 Å². The van der Waals surface area contributed by atoms with Crippen molar-refractivity contribution in [2.45, 2.75) is 19.8 Å². The van der Waals surface area contributed by atoms with Gasteiger partial charge in [-0.25, -0.2) is 0 Å². The van der Waals surface area contributed by atoms with Crippen LogP contribution in [0.5, 0.6) is 5.75 Å². The van der Waals surface area contributed by atoms with Crippen LogP contribution in [0.4, 0.5) is 0 Å². The number of hydrogen-bond donors (Lipinski definition) is 0. The van der Waals surface area contributed by atoms with Crippen molar-refractivity contribution >= 4 is 33.5 Å². The number of benzene rings is 2. The molecule has 0 fully saturated rings. The normalized spacial score (nSPS) is 10.2. The van der Waals surface area contributed by atoms with E-state index in [2.05, 4.69) is 15.9 Å². The first-order valence-electron chi connectivity index (χ1n) is 8.20. The predicted molar refractivity (Wildman–Crippen MR) is 101 cm³/mol. The average Bonchev–Trinajstić information content (AvgIpc) is 2.65. The van der Waals surface area contributed by atoms with Gasteiger partial charge in [-0.15, -0.1) is 0 Å². The molecule has 0 atom stereocenters. The minimum atomic E-state index is -0.579. The van der Waals surface area contributed by atoms with Crippen molar-refractivity contribution < 1.29 is 23.9 Å². The van der Waals surface area contributed by atoms with E-state index in [1.807, 2.05) is 6.92 Å². The average molecular weight is 419 g/mol. The molecule has 2 aromatic rings. The summed E-state index contributed by atoms with van der Waals surface area (Å²) in [5.74, 6) is -0.357. The predicted octanol–water partition coefficient (Wildman–Crippen LogP) is 4.24. The molecule has 0 aliphatic carbocycles. The second-order valence-corrected chi connectivity index (χ2v) is 6.30. The van der Waals surface area contributed by atoms with Gasteiger partial charge in [-0.3, -0.25) is 14.4 Å². The smallest absolute Gasteiger partial charge is 0.306 e. The van der Waals surface area contributed by atoms with E-state index in [1.54, 1.807) is 48.5 Å². The Morgan fingerprint density at radius 1 is 0.923 bits per heavy atom. The van der Waals surface area contributed by atoms with E-state index in [0.717, 1.165) is 0 Å². The number of hydrogen-bond acceptors (Lipinski definition) is 5. The summed E-state index contributed by atoms with van der Waals surface area (Å²) in [6.07, 6.45) is -0.0503. The van der Waals surface area contributed by atoms with Gasteiger partial charge in [0.05, 0.1) is 13.0 Å². The zero-order valence-corrected chi connectivity index (χ0v) is 16.0. The second kappa shape index (κ2) is 9.87. The maximum absolute atomic E-state index is 12.1. The van der Waals surface area contributed by atoms with Crippen LogP contribution >= 0.6 is 15.9 Å². The summed E-state index contributed by atoms with van der Waals surface area (Å²) in [6.45, 7) is 2.09. The minimum Gasteiger partial charge on any atom is -0.494 e. The first kappa shape index (κ1) is 19.8. The number of halogens is 1. The van der Waals surface area contributed by atoms with Crippen LogP contribution in [0.3, 0.4) is 0 Å². The van der Waals surface area contributed by atoms with Crippen LogP contribution < -0.4 is 4.74 Å². The Morgan fingerprint density at radius 2 is 1.62 bits per heavy atom. The number of rotatable bonds is 9. The molecule has 0 unspecified atom stereocenters. The quantitative estimate of drug-likeness (QED) is 0.449. The highest BCUT2D eigenvalue weighted by molar-refractivity contribution is 9.10. The van der Waals surface area contributed by atoms with Gasteiger partial charge in [-0.1, -0.05) is 34.1 Å². The molecular formula is C20H19BrO5. The molecule has 5 nitrogen and oxygen atoms in total. The summed E-state index contributed by atoms with van der Waals surface area (Å²) in [6, 6.07) is 13.7. The van der Waals surface area contributed by atoms with Crippen molar-refractivity contribution in [1.29, 1.82) is 0 Å². The third-order valence-corrected chi connectivity index (χ3v) is 4.27. The lowest BCUT2D eigenvalue weighted by Crippen LogP contribution is -2.15. The fourth-order valence-corrected chi connectivity index (χ4v) is 2.75. The van der Waals surface area contributed by atoms with E-state index in [0.29, 0.717) is 28.0 Å². The van der Waals surface area contributed by atoms with E-state index in [-0.39, 0.29) is 31.0 Å². The molecule has 0 amide bonds. The summed E-state index contributed by atoms with van der Waals surface area (Å²) in [7, 11) is 0. The Hall–Kier alpha value is -2.47. The molecular weight excluding hydrogens is 400 g/mol. The molecule has 2 aromatic carbocycles. The molecule has 6 heteroatoms. The zero-order valence-electron chi connectivity index (χ0n) is 14.4. The highest BCUT2D eigenvalue weighted by Gasteiger charge is 2.14. The molecule has 0 spiro atoms. The van der Waals surface area contributed by atoms with E-state index in [9.17, 15) is 14.4 Å². The van der Waals surface area contributed by atoms with Gasteiger partial charge in [-0.2, -0.15) is 0 Å². The fourth-order valence-electron chi connectivity index (χ4n) is 2.25. The van der Waals surface area contributed by atoms with Gasteiger partial charge < -0.3 is 9.47 Å². The summed E-state index contributed by atoms with van der Waals surface area (Å²) < 4.78 is 10.9. The third-order valence-electron chi connectivity index (χ3n) is 3.58. The van der Waals surface area contributed by atoms with Crippen LogP contribution in [-0.4, -0.2) is 30.7 Å². The lowest BCUT2D eigenvalue weighted by molar-refractivity contribution is -0.142. The number of ketones is 2. The molecule has 0 aromatic heterocycles. The maximum Gasteiger partial charge on any atom is 0.306 e. The Bertz CT molecular complexity index is 783. The largest absolute Gasteiger partial charge is 0.494 e.